The Bertz CT molecular complexity index is 1300. The summed E-state index contributed by atoms with van der Waals surface area (Å²) in [5.41, 5.74) is 2.55. The van der Waals surface area contributed by atoms with Gasteiger partial charge in [0.25, 0.3) is 5.56 Å². The first-order valence-electron chi connectivity index (χ1n) is 9.87. The van der Waals surface area contributed by atoms with Gasteiger partial charge in [-0.15, -0.1) is 0 Å². The number of benzene rings is 2. The van der Waals surface area contributed by atoms with E-state index >= 15 is 0 Å². The van der Waals surface area contributed by atoms with Crippen molar-refractivity contribution in [1.29, 1.82) is 0 Å². The Morgan fingerprint density at radius 3 is 2.77 bits per heavy atom. The van der Waals surface area contributed by atoms with Crippen molar-refractivity contribution in [3.05, 3.63) is 69.9 Å². The average molecular weight is 423 g/mol. The summed E-state index contributed by atoms with van der Waals surface area (Å²) in [4.78, 5) is 35.7. The van der Waals surface area contributed by atoms with Crippen molar-refractivity contribution in [1.82, 2.24) is 19.4 Å². The highest BCUT2D eigenvalue weighted by Crippen LogP contribution is 2.31. The molecule has 152 valence electrons. The Kier molecular flexibility index (Phi) is 4.75. The van der Waals surface area contributed by atoms with Crippen LogP contribution in [0.4, 0.5) is 0 Å². The van der Waals surface area contributed by atoms with Crippen molar-refractivity contribution in [2.75, 3.05) is 13.1 Å². The van der Waals surface area contributed by atoms with Gasteiger partial charge in [-0.25, -0.2) is 9.97 Å². The number of rotatable bonds is 3. The lowest BCUT2D eigenvalue weighted by Gasteiger charge is -2.31. The molecule has 0 saturated carbocycles. The van der Waals surface area contributed by atoms with E-state index in [4.69, 9.17) is 16.0 Å². The van der Waals surface area contributed by atoms with Crippen LogP contribution >= 0.6 is 11.6 Å². The Morgan fingerprint density at radius 1 is 1.13 bits per heavy atom. The first kappa shape index (κ1) is 18.8. The molecule has 3 heterocycles. The number of piperidine rings is 1. The van der Waals surface area contributed by atoms with Gasteiger partial charge in [-0.1, -0.05) is 23.7 Å². The smallest absolute Gasteiger partial charge is 0.269 e. The molecule has 1 saturated heterocycles. The van der Waals surface area contributed by atoms with Crippen molar-refractivity contribution in [3.63, 3.8) is 0 Å². The fourth-order valence-electron chi connectivity index (χ4n) is 3.98. The Labute approximate surface area is 176 Å². The molecular weight excluding hydrogens is 404 g/mol. The standard InChI is InChI=1S/C22H19ClN4O3/c23-15-5-6-19-17(11-15)25-22(30-19)14-7-9-26(10-8-14)21(29)13-27-18-4-2-1-3-16(18)24-12-20(27)28/h1-6,11-12,14H,7-10,13H2. The molecule has 0 unspecified atom stereocenters. The van der Waals surface area contributed by atoms with Gasteiger partial charge in [0.15, 0.2) is 11.5 Å². The zero-order valence-electron chi connectivity index (χ0n) is 16.1. The topological polar surface area (TPSA) is 81.2 Å². The average Bonchev–Trinajstić information content (AvgIpc) is 3.19. The van der Waals surface area contributed by atoms with Crippen LogP contribution in [-0.4, -0.2) is 38.4 Å². The minimum absolute atomic E-state index is 0.00786. The summed E-state index contributed by atoms with van der Waals surface area (Å²) in [5.74, 6) is 0.775. The van der Waals surface area contributed by atoms with E-state index in [0.717, 1.165) is 23.9 Å². The van der Waals surface area contributed by atoms with Crippen LogP contribution in [0.25, 0.3) is 22.1 Å². The molecule has 0 radical (unpaired) electrons. The predicted octanol–water partition coefficient (Wildman–Crippen LogP) is 3.60. The zero-order chi connectivity index (χ0) is 20.7. The van der Waals surface area contributed by atoms with Crippen molar-refractivity contribution in [3.8, 4) is 0 Å². The molecule has 2 aromatic heterocycles. The van der Waals surface area contributed by atoms with Crippen LogP contribution in [0.1, 0.15) is 24.7 Å². The molecule has 1 aliphatic rings. The number of hydrogen-bond acceptors (Lipinski definition) is 5. The number of carbonyl (C=O) groups excluding carboxylic acids is 1. The molecular formula is C22H19ClN4O3. The van der Waals surface area contributed by atoms with Crippen LogP contribution in [0.5, 0.6) is 0 Å². The molecule has 30 heavy (non-hydrogen) atoms. The highest BCUT2D eigenvalue weighted by atomic mass is 35.5. The molecule has 1 aliphatic heterocycles. The van der Waals surface area contributed by atoms with E-state index in [9.17, 15) is 9.59 Å². The summed E-state index contributed by atoms with van der Waals surface area (Å²) in [5, 5.41) is 0.627. The maximum atomic E-state index is 12.9. The number of fused-ring (bicyclic) bond motifs is 2. The molecule has 1 amide bonds. The van der Waals surface area contributed by atoms with E-state index in [2.05, 4.69) is 9.97 Å². The van der Waals surface area contributed by atoms with Gasteiger partial charge in [0.1, 0.15) is 12.1 Å². The molecule has 1 fully saturated rings. The summed E-state index contributed by atoms with van der Waals surface area (Å²) in [7, 11) is 0. The van der Waals surface area contributed by atoms with Crippen LogP contribution in [-0.2, 0) is 11.3 Å². The minimum atomic E-state index is -0.276. The van der Waals surface area contributed by atoms with Gasteiger partial charge >= 0.3 is 0 Å². The number of carbonyl (C=O) groups is 1. The van der Waals surface area contributed by atoms with E-state index in [0.29, 0.717) is 35.0 Å². The number of nitrogens with zero attached hydrogens (tertiary/aromatic N) is 4. The van der Waals surface area contributed by atoms with Gasteiger partial charge in [-0.2, -0.15) is 0 Å². The third kappa shape index (κ3) is 3.45. The highest BCUT2D eigenvalue weighted by molar-refractivity contribution is 6.31. The van der Waals surface area contributed by atoms with Crippen molar-refractivity contribution >= 4 is 39.6 Å². The number of amides is 1. The molecule has 0 aliphatic carbocycles. The van der Waals surface area contributed by atoms with E-state index in [1.54, 1.807) is 17.0 Å². The van der Waals surface area contributed by atoms with E-state index < -0.39 is 0 Å². The van der Waals surface area contributed by atoms with Crippen LogP contribution in [0, 0.1) is 0 Å². The zero-order valence-corrected chi connectivity index (χ0v) is 16.9. The Morgan fingerprint density at radius 2 is 1.93 bits per heavy atom. The summed E-state index contributed by atoms with van der Waals surface area (Å²) >= 11 is 6.03. The molecule has 0 spiro atoms. The molecule has 7 nitrogen and oxygen atoms in total. The van der Waals surface area contributed by atoms with E-state index in [1.807, 2.05) is 30.3 Å². The Hall–Kier alpha value is -3.19. The SMILES string of the molecule is O=C(Cn1c(=O)cnc2ccccc21)N1CCC(c2nc3cc(Cl)ccc3o2)CC1. The lowest BCUT2D eigenvalue weighted by atomic mass is 9.97. The van der Waals surface area contributed by atoms with Gasteiger partial charge in [0, 0.05) is 24.0 Å². The summed E-state index contributed by atoms with van der Waals surface area (Å²) < 4.78 is 7.38. The van der Waals surface area contributed by atoms with Crippen molar-refractivity contribution in [2.24, 2.45) is 0 Å². The van der Waals surface area contributed by atoms with Crippen LogP contribution in [0.2, 0.25) is 5.02 Å². The molecule has 2 aromatic carbocycles. The van der Waals surface area contributed by atoms with Gasteiger partial charge in [-0.05, 0) is 43.2 Å². The summed E-state index contributed by atoms with van der Waals surface area (Å²) in [6.07, 6.45) is 2.79. The third-order valence-electron chi connectivity index (χ3n) is 5.61. The van der Waals surface area contributed by atoms with Crippen molar-refractivity contribution in [2.45, 2.75) is 25.3 Å². The number of likely N-dealkylation sites (tertiary alicyclic amines) is 1. The quantitative estimate of drug-likeness (QED) is 0.504. The maximum absolute atomic E-state index is 12.9. The fraction of sp³-hybridized carbons (Fsp3) is 0.273. The molecule has 5 rings (SSSR count). The first-order valence-corrected chi connectivity index (χ1v) is 10.2. The minimum Gasteiger partial charge on any atom is -0.440 e. The number of aromatic nitrogens is 3. The van der Waals surface area contributed by atoms with Gasteiger partial charge in [-0.3, -0.25) is 14.2 Å². The molecule has 0 atom stereocenters. The lowest BCUT2D eigenvalue weighted by Crippen LogP contribution is -2.41. The highest BCUT2D eigenvalue weighted by Gasteiger charge is 2.27. The number of hydrogen-bond donors (Lipinski definition) is 0. The third-order valence-corrected chi connectivity index (χ3v) is 5.84. The molecule has 0 bridgehead atoms. The van der Waals surface area contributed by atoms with Crippen LogP contribution in [0.3, 0.4) is 0 Å². The number of halogens is 1. The molecule has 8 heteroatoms. The van der Waals surface area contributed by atoms with Crippen LogP contribution in [0.15, 0.2) is 57.9 Å². The second-order valence-corrected chi connectivity index (χ2v) is 7.93. The summed E-state index contributed by atoms with van der Waals surface area (Å²) in [6, 6.07) is 12.7. The number of oxazole rings is 1. The second kappa shape index (κ2) is 7.57. The largest absolute Gasteiger partial charge is 0.440 e. The molecule has 0 N–H and O–H groups in total. The fourth-order valence-corrected chi connectivity index (χ4v) is 4.15. The Balaban J connectivity index is 1.29. The first-order chi connectivity index (χ1) is 14.6. The lowest BCUT2D eigenvalue weighted by molar-refractivity contribution is -0.132. The monoisotopic (exact) mass is 422 g/mol. The van der Waals surface area contributed by atoms with Gasteiger partial charge in [0.2, 0.25) is 5.91 Å². The van der Waals surface area contributed by atoms with Crippen molar-refractivity contribution < 1.29 is 9.21 Å². The normalized spacial score (nSPS) is 15.2. The maximum Gasteiger partial charge on any atom is 0.269 e. The molecule has 4 aromatic rings. The summed E-state index contributed by atoms with van der Waals surface area (Å²) in [6.45, 7) is 1.20. The second-order valence-electron chi connectivity index (χ2n) is 7.49. The van der Waals surface area contributed by atoms with Crippen LogP contribution < -0.4 is 5.56 Å². The number of para-hydroxylation sites is 2. The van der Waals surface area contributed by atoms with Gasteiger partial charge in [0.05, 0.1) is 17.2 Å². The van der Waals surface area contributed by atoms with Gasteiger partial charge < -0.3 is 9.32 Å². The predicted molar refractivity (Wildman–Crippen MR) is 114 cm³/mol. The van der Waals surface area contributed by atoms with E-state index in [-0.39, 0.29) is 23.9 Å². The van der Waals surface area contributed by atoms with E-state index in [1.165, 1.54) is 10.8 Å².